The number of phenolic OH excluding ortho intramolecular Hbond substituents is 3. The summed E-state index contributed by atoms with van der Waals surface area (Å²) in [7, 11) is 3.07. The second-order valence-corrected chi connectivity index (χ2v) is 5.59. The standard InChI is InChI=1S/C19H22O8/c1-24-13-7-14(25-2)9-15(8-13)26-5-3-12(20)4-6-27-16-10-17(21)19(23)18(22)11-16/h7-11,21-23H,3-6H2,1-2H3. The second-order valence-electron chi connectivity index (χ2n) is 5.59. The summed E-state index contributed by atoms with van der Waals surface area (Å²) in [6.07, 6.45) is 0.322. The van der Waals surface area contributed by atoms with Gasteiger partial charge in [0, 0.05) is 43.2 Å². The van der Waals surface area contributed by atoms with Gasteiger partial charge in [0.15, 0.2) is 11.5 Å². The van der Waals surface area contributed by atoms with Crippen LogP contribution in [0.5, 0.6) is 40.2 Å². The Morgan fingerprint density at radius 1 is 0.741 bits per heavy atom. The summed E-state index contributed by atoms with van der Waals surface area (Å²) in [5, 5.41) is 28.1. The molecule has 146 valence electrons. The van der Waals surface area contributed by atoms with Crippen LogP contribution in [-0.2, 0) is 4.79 Å². The summed E-state index contributed by atoms with van der Waals surface area (Å²) in [6.45, 7) is 0.255. The Kier molecular flexibility index (Phi) is 6.99. The molecule has 2 rings (SSSR count). The van der Waals surface area contributed by atoms with Gasteiger partial charge in [-0.3, -0.25) is 4.79 Å². The Hall–Kier alpha value is -3.29. The number of carbonyl (C=O) groups is 1. The average molecular weight is 378 g/mol. The molecule has 2 aromatic rings. The average Bonchev–Trinajstić information content (AvgIpc) is 2.65. The molecule has 0 amide bonds. The second kappa shape index (κ2) is 9.42. The molecule has 0 aliphatic rings. The minimum absolute atomic E-state index is 0.0650. The smallest absolute Gasteiger partial charge is 0.200 e. The number of methoxy groups -OCH3 is 2. The summed E-state index contributed by atoms with van der Waals surface area (Å²) in [5.41, 5.74) is 0. The molecule has 0 saturated heterocycles. The summed E-state index contributed by atoms with van der Waals surface area (Å²) in [6, 6.07) is 7.41. The zero-order valence-corrected chi connectivity index (χ0v) is 15.1. The molecule has 8 nitrogen and oxygen atoms in total. The summed E-state index contributed by atoms with van der Waals surface area (Å²) < 4.78 is 21.1. The van der Waals surface area contributed by atoms with E-state index in [0.29, 0.717) is 17.2 Å². The number of hydrogen-bond acceptors (Lipinski definition) is 8. The van der Waals surface area contributed by atoms with E-state index in [1.807, 2.05) is 0 Å². The molecule has 0 atom stereocenters. The van der Waals surface area contributed by atoms with Gasteiger partial charge in [0.05, 0.1) is 27.4 Å². The van der Waals surface area contributed by atoms with Crippen LogP contribution in [0.2, 0.25) is 0 Å². The van der Waals surface area contributed by atoms with E-state index in [0.717, 1.165) is 12.1 Å². The van der Waals surface area contributed by atoms with Gasteiger partial charge in [0.2, 0.25) is 5.75 Å². The molecule has 0 saturated carbocycles. The predicted octanol–water partition coefficient (Wildman–Crippen LogP) is 2.63. The van der Waals surface area contributed by atoms with Gasteiger partial charge in [-0.15, -0.1) is 0 Å². The van der Waals surface area contributed by atoms with E-state index < -0.39 is 17.2 Å². The highest BCUT2D eigenvalue weighted by Crippen LogP contribution is 2.38. The van der Waals surface area contributed by atoms with Crippen molar-refractivity contribution in [1.29, 1.82) is 0 Å². The van der Waals surface area contributed by atoms with Crippen molar-refractivity contribution in [1.82, 2.24) is 0 Å². The molecule has 0 spiro atoms. The number of carbonyl (C=O) groups excluding carboxylic acids is 1. The van der Waals surface area contributed by atoms with Gasteiger partial charge in [0.25, 0.3) is 0 Å². The van der Waals surface area contributed by atoms with Crippen molar-refractivity contribution in [2.75, 3.05) is 27.4 Å². The van der Waals surface area contributed by atoms with Gasteiger partial charge in [-0.05, 0) is 0 Å². The maximum absolute atomic E-state index is 11.9. The highest BCUT2D eigenvalue weighted by Gasteiger charge is 2.10. The van der Waals surface area contributed by atoms with E-state index in [-0.39, 0.29) is 37.6 Å². The maximum atomic E-state index is 11.9. The lowest BCUT2D eigenvalue weighted by Gasteiger charge is -2.10. The molecule has 0 unspecified atom stereocenters. The molecule has 0 radical (unpaired) electrons. The van der Waals surface area contributed by atoms with E-state index in [9.17, 15) is 20.1 Å². The van der Waals surface area contributed by atoms with E-state index in [1.54, 1.807) is 18.2 Å². The number of benzene rings is 2. The third kappa shape index (κ3) is 5.88. The van der Waals surface area contributed by atoms with Gasteiger partial charge in [-0.1, -0.05) is 0 Å². The topological polar surface area (TPSA) is 115 Å². The molecule has 3 N–H and O–H groups in total. The number of rotatable bonds is 10. The van der Waals surface area contributed by atoms with Crippen molar-refractivity contribution in [3.63, 3.8) is 0 Å². The zero-order valence-electron chi connectivity index (χ0n) is 15.1. The fourth-order valence-electron chi connectivity index (χ4n) is 2.22. The first-order valence-corrected chi connectivity index (χ1v) is 8.18. The Bertz CT molecular complexity index is 742. The van der Waals surface area contributed by atoms with Gasteiger partial charge < -0.3 is 34.3 Å². The summed E-state index contributed by atoms with van der Waals surface area (Å²) in [4.78, 5) is 11.9. The first-order valence-electron chi connectivity index (χ1n) is 8.18. The Morgan fingerprint density at radius 3 is 1.59 bits per heavy atom. The fourth-order valence-corrected chi connectivity index (χ4v) is 2.22. The lowest BCUT2D eigenvalue weighted by Crippen LogP contribution is -2.10. The summed E-state index contributed by atoms with van der Waals surface area (Å²) in [5.74, 6) is 0.160. The highest BCUT2D eigenvalue weighted by molar-refractivity contribution is 5.78. The van der Waals surface area contributed by atoms with Crippen molar-refractivity contribution in [3.8, 4) is 40.2 Å². The quantitative estimate of drug-likeness (QED) is 0.541. The highest BCUT2D eigenvalue weighted by atomic mass is 16.5. The molecule has 0 bridgehead atoms. The van der Waals surface area contributed by atoms with E-state index in [1.165, 1.54) is 14.2 Å². The van der Waals surface area contributed by atoms with Crippen LogP contribution in [-0.4, -0.2) is 48.5 Å². The number of Topliss-reactive ketones (excluding diaryl/α,β-unsaturated/α-hetero) is 1. The number of aromatic hydroxyl groups is 3. The molecule has 8 heteroatoms. The number of ether oxygens (including phenoxy) is 4. The van der Waals surface area contributed by atoms with Crippen LogP contribution in [0, 0.1) is 0 Å². The summed E-state index contributed by atoms with van der Waals surface area (Å²) >= 11 is 0. The fraction of sp³-hybridized carbons (Fsp3) is 0.316. The van der Waals surface area contributed by atoms with E-state index in [4.69, 9.17) is 18.9 Å². The Morgan fingerprint density at radius 2 is 1.15 bits per heavy atom. The third-order valence-corrected chi connectivity index (χ3v) is 3.67. The number of hydrogen-bond donors (Lipinski definition) is 3. The van der Waals surface area contributed by atoms with Crippen LogP contribution in [0.25, 0.3) is 0 Å². The first-order chi connectivity index (χ1) is 12.9. The normalized spacial score (nSPS) is 10.3. The largest absolute Gasteiger partial charge is 0.504 e. The van der Waals surface area contributed by atoms with E-state index in [2.05, 4.69) is 0 Å². The molecule has 2 aromatic carbocycles. The van der Waals surface area contributed by atoms with Crippen LogP contribution in [0.3, 0.4) is 0 Å². The number of phenols is 3. The van der Waals surface area contributed by atoms with Crippen LogP contribution in [0.15, 0.2) is 30.3 Å². The van der Waals surface area contributed by atoms with Crippen LogP contribution in [0.1, 0.15) is 12.8 Å². The molecule has 27 heavy (non-hydrogen) atoms. The first kappa shape index (κ1) is 20.0. The molecular weight excluding hydrogens is 356 g/mol. The molecular formula is C19H22O8. The molecule has 0 fully saturated rings. The van der Waals surface area contributed by atoms with Crippen molar-refractivity contribution >= 4 is 5.78 Å². The molecule has 0 aliphatic heterocycles. The van der Waals surface area contributed by atoms with Crippen molar-refractivity contribution in [2.45, 2.75) is 12.8 Å². The molecule has 0 heterocycles. The third-order valence-electron chi connectivity index (χ3n) is 3.67. The van der Waals surface area contributed by atoms with Crippen molar-refractivity contribution in [3.05, 3.63) is 30.3 Å². The molecule has 0 aliphatic carbocycles. The number of ketones is 1. The predicted molar refractivity (Wildman–Crippen MR) is 96.2 cm³/mol. The van der Waals surface area contributed by atoms with Gasteiger partial charge in [0.1, 0.15) is 28.8 Å². The minimum Gasteiger partial charge on any atom is -0.504 e. The van der Waals surface area contributed by atoms with Crippen LogP contribution >= 0.6 is 0 Å². The van der Waals surface area contributed by atoms with Gasteiger partial charge in [-0.2, -0.15) is 0 Å². The SMILES string of the molecule is COc1cc(OC)cc(OCCC(=O)CCOc2cc(O)c(O)c(O)c2)c1. The lowest BCUT2D eigenvalue weighted by molar-refractivity contribution is -0.120. The van der Waals surface area contributed by atoms with Crippen molar-refractivity contribution in [2.24, 2.45) is 0 Å². The van der Waals surface area contributed by atoms with Gasteiger partial charge in [-0.25, -0.2) is 0 Å². The Balaban J connectivity index is 1.75. The molecule has 0 aromatic heterocycles. The zero-order chi connectivity index (χ0) is 19.8. The minimum atomic E-state index is -0.621. The maximum Gasteiger partial charge on any atom is 0.200 e. The van der Waals surface area contributed by atoms with E-state index >= 15 is 0 Å². The van der Waals surface area contributed by atoms with Crippen LogP contribution in [0.4, 0.5) is 0 Å². The van der Waals surface area contributed by atoms with Crippen LogP contribution < -0.4 is 18.9 Å². The van der Waals surface area contributed by atoms with Gasteiger partial charge >= 0.3 is 0 Å². The van der Waals surface area contributed by atoms with Crippen molar-refractivity contribution < 1.29 is 39.1 Å². The monoisotopic (exact) mass is 378 g/mol. The lowest BCUT2D eigenvalue weighted by atomic mass is 10.2. The Labute approximate surface area is 156 Å².